The van der Waals surface area contributed by atoms with Gasteiger partial charge in [0.25, 0.3) is 0 Å². The fraction of sp³-hybridized carbons (Fsp3) is 0.714. The summed E-state index contributed by atoms with van der Waals surface area (Å²) in [5, 5.41) is 0. The zero-order valence-corrected chi connectivity index (χ0v) is 15.7. The maximum absolute atomic E-state index is 2.80. The Hall–Kier alpha value is -0.980. The first-order valence-electron chi connectivity index (χ1n) is 9.00. The summed E-state index contributed by atoms with van der Waals surface area (Å²) in [5.41, 5.74) is 6.49. The smallest absolute Gasteiger partial charge is 0.0408 e. The average molecular weight is 300 g/mol. The van der Waals surface area contributed by atoms with Gasteiger partial charge in [-0.3, -0.25) is 0 Å². The lowest BCUT2D eigenvalue weighted by atomic mass is 9.50. The van der Waals surface area contributed by atoms with Crippen molar-refractivity contribution < 1.29 is 0 Å². The molecule has 0 spiro atoms. The first-order valence-corrected chi connectivity index (χ1v) is 9.00. The Kier molecular flexibility index (Phi) is 3.44. The number of benzene rings is 1. The molecule has 3 fully saturated rings. The molecule has 1 aliphatic carbocycles. The van der Waals surface area contributed by atoms with E-state index in [0.717, 1.165) is 11.8 Å². The highest BCUT2D eigenvalue weighted by Gasteiger charge is 2.60. The number of anilines is 1. The molecule has 4 unspecified atom stereocenters. The number of rotatable bonds is 1. The minimum Gasteiger partial charge on any atom is -0.362 e. The van der Waals surface area contributed by atoms with E-state index in [1.807, 2.05) is 0 Å². The van der Waals surface area contributed by atoms with Crippen LogP contribution in [0.3, 0.4) is 0 Å². The largest absolute Gasteiger partial charge is 0.362 e. The monoisotopic (exact) mass is 299 g/mol. The number of hydrogen-bond donors (Lipinski definition) is 0. The minimum absolute atomic E-state index is 0.293. The molecular weight excluding hydrogens is 266 g/mol. The minimum atomic E-state index is 0.293. The fourth-order valence-corrected chi connectivity index (χ4v) is 5.51. The lowest BCUT2D eigenvalue weighted by molar-refractivity contribution is -0.0524. The van der Waals surface area contributed by atoms with Gasteiger partial charge in [0.05, 0.1) is 0 Å². The van der Waals surface area contributed by atoms with Crippen LogP contribution in [0.15, 0.2) is 12.1 Å². The van der Waals surface area contributed by atoms with E-state index in [1.54, 1.807) is 0 Å². The Morgan fingerprint density at radius 2 is 1.59 bits per heavy atom. The van der Waals surface area contributed by atoms with Gasteiger partial charge in [0.1, 0.15) is 0 Å². The summed E-state index contributed by atoms with van der Waals surface area (Å²) >= 11 is 0. The molecular formula is C21H33N. The van der Waals surface area contributed by atoms with Crippen LogP contribution in [-0.2, 0) is 0 Å². The van der Waals surface area contributed by atoms with Crippen LogP contribution in [0.5, 0.6) is 0 Å². The van der Waals surface area contributed by atoms with Crippen molar-refractivity contribution in [2.45, 2.75) is 79.8 Å². The molecule has 2 heterocycles. The first-order chi connectivity index (χ1) is 10.1. The quantitative estimate of drug-likeness (QED) is 0.647. The van der Waals surface area contributed by atoms with Gasteiger partial charge >= 0.3 is 0 Å². The SMILES string of the molecule is Cc1cc(C)c(C)c(N2[C@@H](C)C3(C)CCC2(C)C(C)C3C)c1. The Labute approximate surface area is 137 Å². The van der Waals surface area contributed by atoms with Crippen LogP contribution >= 0.6 is 0 Å². The zero-order valence-electron chi connectivity index (χ0n) is 15.7. The predicted molar refractivity (Wildman–Crippen MR) is 96.7 cm³/mol. The van der Waals surface area contributed by atoms with Crippen molar-refractivity contribution in [3.8, 4) is 0 Å². The van der Waals surface area contributed by atoms with Crippen molar-refractivity contribution in [2.75, 3.05) is 4.90 Å². The topological polar surface area (TPSA) is 3.24 Å². The van der Waals surface area contributed by atoms with Gasteiger partial charge in [-0.15, -0.1) is 0 Å². The summed E-state index contributed by atoms with van der Waals surface area (Å²) in [4.78, 5) is 2.80. The number of hydrogen-bond acceptors (Lipinski definition) is 1. The lowest BCUT2D eigenvalue weighted by Crippen LogP contribution is -2.72. The van der Waals surface area contributed by atoms with Crippen LogP contribution in [0.1, 0.15) is 64.2 Å². The van der Waals surface area contributed by atoms with Gasteiger partial charge in [-0.05, 0) is 87.5 Å². The van der Waals surface area contributed by atoms with Gasteiger partial charge in [-0.25, -0.2) is 0 Å². The highest BCUT2D eigenvalue weighted by molar-refractivity contribution is 5.62. The molecule has 1 nitrogen and oxygen atoms in total. The zero-order chi connectivity index (χ0) is 16.4. The van der Waals surface area contributed by atoms with Crippen molar-refractivity contribution in [3.63, 3.8) is 0 Å². The third-order valence-electron chi connectivity index (χ3n) is 7.88. The van der Waals surface area contributed by atoms with E-state index in [0.29, 0.717) is 17.0 Å². The first kappa shape index (κ1) is 15.9. The Balaban J connectivity index is 2.19. The van der Waals surface area contributed by atoms with Crippen LogP contribution in [-0.4, -0.2) is 11.6 Å². The van der Waals surface area contributed by atoms with E-state index in [4.69, 9.17) is 0 Å². The second-order valence-corrected chi connectivity index (χ2v) is 8.71. The summed E-state index contributed by atoms with van der Waals surface area (Å²) in [5.74, 6) is 1.53. The van der Waals surface area contributed by atoms with Gasteiger partial charge in [-0.1, -0.05) is 26.8 Å². The second-order valence-electron chi connectivity index (χ2n) is 8.71. The normalized spacial score (nSPS) is 41.1. The molecule has 1 saturated carbocycles. The number of fused-ring (bicyclic) bond motifs is 3. The summed E-state index contributed by atoms with van der Waals surface area (Å²) < 4.78 is 0. The fourth-order valence-electron chi connectivity index (χ4n) is 5.51. The van der Waals surface area contributed by atoms with E-state index < -0.39 is 0 Å². The van der Waals surface area contributed by atoms with Crippen LogP contribution in [0.25, 0.3) is 0 Å². The number of piperidine rings is 2. The van der Waals surface area contributed by atoms with Gasteiger partial charge in [0.15, 0.2) is 0 Å². The Bertz CT molecular complexity index is 604. The Morgan fingerprint density at radius 3 is 2.23 bits per heavy atom. The predicted octanol–water partition coefficient (Wildman–Crippen LogP) is 5.65. The maximum atomic E-state index is 2.80. The van der Waals surface area contributed by atoms with Crippen molar-refractivity contribution in [3.05, 3.63) is 28.8 Å². The molecule has 4 rings (SSSR count). The third-order valence-corrected chi connectivity index (χ3v) is 7.88. The molecule has 2 aliphatic heterocycles. The van der Waals surface area contributed by atoms with Gasteiger partial charge in [-0.2, -0.15) is 0 Å². The standard InChI is InChI=1S/C21H33N/c1-13-11-14(2)15(3)19(12-13)22-18(6)20(7)9-10-21(22,8)17(5)16(20)4/h11-12,16-18H,9-10H2,1-8H3/t16?,17?,18-,20?,21?/m0/s1. The molecule has 1 heteroatoms. The van der Waals surface area contributed by atoms with E-state index in [9.17, 15) is 0 Å². The third kappa shape index (κ3) is 1.83. The molecule has 1 aromatic carbocycles. The second kappa shape index (κ2) is 4.76. The molecule has 122 valence electrons. The molecule has 3 aliphatic rings. The maximum Gasteiger partial charge on any atom is 0.0408 e. The van der Waals surface area contributed by atoms with Crippen LogP contribution in [0.4, 0.5) is 5.69 Å². The van der Waals surface area contributed by atoms with Crippen LogP contribution < -0.4 is 4.90 Å². The summed E-state index contributed by atoms with van der Waals surface area (Å²) in [6, 6.07) is 5.35. The summed E-state index contributed by atoms with van der Waals surface area (Å²) in [7, 11) is 0. The summed E-state index contributed by atoms with van der Waals surface area (Å²) in [6.07, 6.45) is 2.70. The van der Waals surface area contributed by atoms with Crippen molar-refractivity contribution in [1.29, 1.82) is 0 Å². The van der Waals surface area contributed by atoms with Crippen molar-refractivity contribution in [1.82, 2.24) is 0 Å². The van der Waals surface area contributed by atoms with E-state index in [-0.39, 0.29) is 0 Å². The molecule has 1 aromatic rings. The molecule has 22 heavy (non-hydrogen) atoms. The molecule has 2 saturated heterocycles. The number of aryl methyl sites for hydroxylation is 2. The van der Waals surface area contributed by atoms with Crippen molar-refractivity contribution in [2.24, 2.45) is 17.3 Å². The summed E-state index contributed by atoms with van der Waals surface area (Å²) in [6.45, 7) is 19.3. The molecule has 5 atom stereocenters. The van der Waals surface area contributed by atoms with E-state index in [2.05, 4.69) is 72.4 Å². The number of nitrogens with zero attached hydrogens (tertiary/aromatic N) is 1. The highest BCUT2D eigenvalue weighted by atomic mass is 15.3. The van der Waals surface area contributed by atoms with E-state index >= 15 is 0 Å². The Morgan fingerprint density at radius 1 is 0.955 bits per heavy atom. The highest BCUT2D eigenvalue weighted by Crippen LogP contribution is 2.60. The molecule has 0 radical (unpaired) electrons. The molecule has 0 amide bonds. The molecule has 2 bridgehead atoms. The van der Waals surface area contributed by atoms with Gasteiger partial charge < -0.3 is 4.90 Å². The van der Waals surface area contributed by atoms with Crippen molar-refractivity contribution >= 4 is 5.69 Å². The lowest BCUT2D eigenvalue weighted by Gasteiger charge is -2.68. The van der Waals surface area contributed by atoms with Crippen LogP contribution in [0, 0.1) is 38.0 Å². The molecule has 0 aromatic heterocycles. The van der Waals surface area contributed by atoms with Gasteiger partial charge in [0.2, 0.25) is 0 Å². The van der Waals surface area contributed by atoms with E-state index in [1.165, 1.54) is 35.2 Å². The van der Waals surface area contributed by atoms with Gasteiger partial charge in [0, 0.05) is 17.3 Å². The van der Waals surface area contributed by atoms with Crippen LogP contribution in [0.2, 0.25) is 0 Å². The molecule has 0 N–H and O–H groups in total. The average Bonchev–Trinajstić information content (AvgIpc) is 2.45.